The van der Waals surface area contributed by atoms with Crippen LogP contribution >= 0.6 is 0 Å². The lowest BCUT2D eigenvalue weighted by Gasteiger charge is -1.99. The molecule has 0 aromatic heterocycles. The van der Waals surface area contributed by atoms with Gasteiger partial charge in [0.15, 0.2) is 5.78 Å². The van der Waals surface area contributed by atoms with Crippen LogP contribution in [0.4, 0.5) is 5.69 Å². The predicted octanol–water partition coefficient (Wildman–Crippen LogP) is 2.78. The number of para-hydroxylation sites is 1. The van der Waals surface area contributed by atoms with Gasteiger partial charge in [-0.05, 0) is 13.0 Å². The molecule has 92 valence electrons. The third-order valence-corrected chi connectivity index (χ3v) is 1.81. The minimum absolute atomic E-state index is 0.0160. The van der Waals surface area contributed by atoms with Gasteiger partial charge < -0.3 is 0 Å². The Hall–Kier alpha value is -2.04. The van der Waals surface area contributed by atoms with Gasteiger partial charge in [0.1, 0.15) is 5.78 Å². The summed E-state index contributed by atoms with van der Waals surface area (Å²) in [5, 5.41) is 10.6. The molecule has 0 saturated carbocycles. The van der Waals surface area contributed by atoms with E-state index in [1.807, 2.05) is 13.8 Å². The quantitative estimate of drug-likeness (QED) is 0.349. The summed E-state index contributed by atoms with van der Waals surface area (Å²) in [6.07, 6.45) is -0.301. The fraction of sp³-hybridized carbons (Fsp3) is 0.333. The molecule has 0 N–H and O–H groups in total. The van der Waals surface area contributed by atoms with Crippen molar-refractivity contribution in [2.75, 3.05) is 0 Å². The number of carbonyl (C=O) groups excluding carboxylic acids is 2. The molecule has 0 unspecified atom stereocenters. The summed E-state index contributed by atoms with van der Waals surface area (Å²) in [4.78, 5) is 32.1. The summed E-state index contributed by atoms with van der Waals surface area (Å²) in [5.41, 5.74) is -0.276. The van der Waals surface area contributed by atoms with Crippen LogP contribution in [0.3, 0.4) is 0 Å². The molecule has 17 heavy (non-hydrogen) atoms. The number of hydrogen-bond donors (Lipinski definition) is 0. The Morgan fingerprint density at radius 2 is 1.76 bits per heavy atom. The molecule has 1 rings (SSSR count). The van der Waals surface area contributed by atoms with Crippen molar-refractivity contribution in [2.45, 2.75) is 27.2 Å². The first-order valence-electron chi connectivity index (χ1n) is 5.28. The van der Waals surface area contributed by atoms with Gasteiger partial charge in [-0.2, -0.15) is 0 Å². The number of ketones is 2. The fourth-order valence-corrected chi connectivity index (χ4v) is 1.19. The molecule has 1 aromatic rings. The van der Waals surface area contributed by atoms with Crippen molar-refractivity contribution >= 4 is 17.3 Å². The van der Waals surface area contributed by atoms with Gasteiger partial charge in [0.05, 0.1) is 16.9 Å². The van der Waals surface area contributed by atoms with E-state index in [4.69, 9.17) is 0 Å². The topological polar surface area (TPSA) is 77.3 Å². The second kappa shape index (κ2) is 7.27. The normalized spacial score (nSPS) is 8.88. The van der Waals surface area contributed by atoms with Crippen molar-refractivity contribution in [2.24, 2.45) is 0 Å². The van der Waals surface area contributed by atoms with Crippen LogP contribution in [-0.4, -0.2) is 16.5 Å². The Kier molecular flexibility index (Phi) is 6.40. The molecular formula is C12H15NO4. The highest BCUT2D eigenvalue weighted by Crippen LogP contribution is 2.19. The number of carbonyl (C=O) groups is 2. The van der Waals surface area contributed by atoms with Crippen molar-refractivity contribution in [3.8, 4) is 0 Å². The molecule has 0 radical (unpaired) electrons. The first kappa shape index (κ1) is 15.0. The Bertz CT molecular complexity index is 426. The highest BCUT2D eigenvalue weighted by atomic mass is 16.6. The molecule has 0 bridgehead atoms. The Balaban J connectivity index is 0.00000121. The first-order chi connectivity index (χ1) is 8.02. The molecule has 0 fully saturated rings. The van der Waals surface area contributed by atoms with Crippen molar-refractivity contribution < 1.29 is 14.5 Å². The summed E-state index contributed by atoms with van der Waals surface area (Å²) in [6, 6.07) is 5.60. The fourth-order valence-electron chi connectivity index (χ4n) is 1.19. The van der Waals surface area contributed by atoms with Gasteiger partial charge in [0.25, 0.3) is 5.69 Å². The maximum Gasteiger partial charge on any atom is 0.280 e. The molecule has 5 nitrogen and oxygen atoms in total. The zero-order valence-electron chi connectivity index (χ0n) is 10.1. The summed E-state index contributed by atoms with van der Waals surface area (Å²) in [6.45, 7) is 5.27. The SMILES string of the molecule is CC.CC(=O)CC(=O)c1ccccc1[N+](=O)[O-]. The predicted molar refractivity (Wildman–Crippen MR) is 64.1 cm³/mol. The average Bonchev–Trinajstić information content (AvgIpc) is 2.30. The van der Waals surface area contributed by atoms with Crippen LogP contribution in [0.2, 0.25) is 0 Å². The molecule has 5 heteroatoms. The minimum atomic E-state index is -0.632. The highest BCUT2D eigenvalue weighted by Gasteiger charge is 2.19. The van der Waals surface area contributed by atoms with Crippen LogP contribution in [0.15, 0.2) is 24.3 Å². The van der Waals surface area contributed by atoms with Crippen molar-refractivity contribution in [3.05, 3.63) is 39.9 Å². The maximum atomic E-state index is 11.5. The van der Waals surface area contributed by atoms with Gasteiger partial charge in [-0.3, -0.25) is 19.7 Å². The van der Waals surface area contributed by atoms with E-state index < -0.39 is 10.7 Å². The van der Waals surface area contributed by atoms with E-state index >= 15 is 0 Å². The summed E-state index contributed by atoms with van der Waals surface area (Å²) >= 11 is 0. The van der Waals surface area contributed by atoms with Gasteiger partial charge in [-0.1, -0.05) is 26.0 Å². The standard InChI is InChI=1S/C10H9NO4.C2H6/c1-7(12)6-10(13)8-4-2-3-5-9(8)11(14)15;1-2/h2-5H,6H2,1H3;1-2H3. The molecule has 0 saturated heterocycles. The van der Waals surface area contributed by atoms with Crippen molar-refractivity contribution in [1.29, 1.82) is 0 Å². The Morgan fingerprint density at radius 1 is 1.24 bits per heavy atom. The maximum absolute atomic E-state index is 11.5. The van der Waals surface area contributed by atoms with E-state index in [-0.39, 0.29) is 23.5 Å². The van der Waals surface area contributed by atoms with Crippen LogP contribution in [-0.2, 0) is 4.79 Å². The molecule has 0 heterocycles. The lowest BCUT2D eigenvalue weighted by molar-refractivity contribution is -0.385. The van der Waals surface area contributed by atoms with Gasteiger partial charge in [-0.25, -0.2) is 0 Å². The molecule has 0 atom stereocenters. The number of benzene rings is 1. The van der Waals surface area contributed by atoms with E-state index in [0.29, 0.717) is 0 Å². The summed E-state index contributed by atoms with van der Waals surface area (Å²) in [5.74, 6) is -0.826. The highest BCUT2D eigenvalue weighted by molar-refractivity contribution is 6.09. The third-order valence-electron chi connectivity index (χ3n) is 1.81. The van der Waals surface area contributed by atoms with Gasteiger partial charge in [0, 0.05) is 6.07 Å². The first-order valence-corrected chi connectivity index (χ1v) is 5.28. The van der Waals surface area contributed by atoms with Crippen LogP contribution in [0.25, 0.3) is 0 Å². The second-order valence-corrected chi connectivity index (χ2v) is 3.08. The monoisotopic (exact) mass is 237 g/mol. The zero-order chi connectivity index (χ0) is 13.4. The van der Waals surface area contributed by atoms with Gasteiger partial charge in [-0.15, -0.1) is 0 Å². The molecule has 0 aliphatic rings. The molecule has 0 aliphatic carbocycles. The number of nitro groups is 1. The molecule has 0 amide bonds. The third kappa shape index (κ3) is 4.55. The van der Waals surface area contributed by atoms with Gasteiger partial charge in [0.2, 0.25) is 0 Å². The minimum Gasteiger partial charge on any atom is -0.300 e. The zero-order valence-corrected chi connectivity index (χ0v) is 10.1. The smallest absolute Gasteiger partial charge is 0.280 e. The largest absolute Gasteiger partial charge is 0.300 e. The van der Waals surface area contributed by atoms with Gasteiger partial charge >= 0.3 is 0 Å². The van der Waals surface area contributed by atoms with Crippen molar-refractivity contribution in [3.63, 3.8) is 0 Å². The van der Waals surface area contributed by atoms with E-state index in [0.717, 1.165) is 0 Å². The molecule has 1 aromatic carbocycles. The van der Waals surface area contributed by atoms with E-state index in [1.165, 1.54) is 31.2 Å². The lowest BCUT2D eigenvalue weighted by Crippen LogP contribution is -2.07. The van der Waals surface area contributed by atoms with E-state index in [1.54, 1.807) is 0 Å². The Labute approximate surface area is 99.6 Å². The molecular weight excluding hydrogens is 222 g/mol. The van der Waals surface area contributed by atoms with E-state index in [2.05, 4.69) is 0 Å². The summed E-state index contributed by atoms with van der Waals surface area (Å²) in [7, 11) is 0. The second-order valence-electron chi connectivity index (χ2n) is 3.08. The number of Topliss-reactive ketones (excluding diaryl/α,β-unsaturated/α-hetero) is 2. The number of nitrogens with zero attached hydrogens (tertiary/aromatic N) is 1. The van der Waals surface area contributed by atoms with Crippen LogP contribution in [0, 0.1) is 10.1 Å². The average molecular weight is 237 g/mol. The molecule has 0 spiro atoms. The van der Waals surface area contributed by atoms with Crippen LogP contribution in [0.5, 0.6) is 0 Å². The van der Waals surface area contributed by atoms with Crippen LogP contribution < -0.4 is 0 Å². The van der Waals surface area contributed by atoms with Crippen molar-refractivity contribution in [1.82, 2.24) is 0 Å². The summed E-state index contributed by atoms with van der Waals surface area (Å²) < 4.78 is 0. The van der Waals surface area contributed by atoms with E-state index in [9.17, 15) is 19.7 Å². The lowest BCUT2D eigenvalue weighted by atomic mass is 10.0. The van der Waals surface area contributed by atoms with Crippen LogP contribution in [0.1, 0.15) is 37.6 Å². The number of rotatable bonds is 4. The number of nitro benzene ring substituents is 1. The Morgan fingerprint density at radius 3 is 2.24 bits per heavy atom. The molecule has 0 aliphatic heterocycles. The number of hydrogen-bond acceptors (Lipinski definition) is 4.